The van der Waals surface area contributed by atoms with Crippen molar-refractivity contribution in [3.8, 4) is 0 Å². The SMILES string of the molecule is C/C=C/[C@@](C)(OCC1=NC(C)(C)CO1)[C@H]1O[C@H]([C@H](C)COCc2ccccc2)CC[C@@H]1C. The van der Waals surface area contributed by atoms with E-state index in [-0.39, 0.29) is 17.7 Å². The lowest BCUT2D eigenvalue weighted by Gasteiger charge is -2.45. The normalized spacial score (nSPS) is 28.2. The van der Waals surface area contributed by atoms with Gasteiger partial charge < -0.3 is 18.9 Å². The average molecular weight is 444 g/mol. The van der Waals surface area contributed by atoms with Gasteiger partial charge in [0.1, 0.15) is 18.8 Å². The minimum atomic E-state index is -0.546. The summed E-state index contributed by atoms with van der Waals surface area (Å²) in [5.41, 5.74) is 0.478. The van der Waals surface area contributed by atoms with E-state index in [4.69, 9.17) is 18.9 Å². The Bertz CT molecular complexity index is 775. The molecule has 5 atom stereocenters. The van der Waals surface area contributed by atoms with Crippen LogP contribution in [0, 0.1) is 11.8 Å². The Labute approximate surface area is 194 Å². The summed E-state index contributed by atoms with van der Waals surface area (Å²) in [5.74, 6) is 1.38. The number of allylic oxidation sites excluding steroid dienone is 1. The predicted molar refractivity (Wildman–Crippen MR) is 129 cm³/mol. The van der Waals surface area contributed by atoms with Crippen molar-refractivity contribution in [3.63, 3.8) is 0 Å². The van der Waals surface area contributed by atoms with Gasteiger partial charge in [-0.2, -0.15) is 0 Å². The van der Waals surface area contributed by atoms with Gasteiger partial charge in [-0.25, -0.2) is 4.99 Å². The molecule has 0 N–H and O–H groups in total. The first-order valence-electron chi connectivity index (χ1n) is 12.0. The van der Waals surface area contributed by atoms with E-state index in [1.54, 1.807) is 0 Å². The van der Waals surface area contributed by atoms with Crippen molar-refractivity contribution in [3.05, 3.63) is 48.0 Å². The number of hydrogen-bond donors (Lipinski definition) is 0. The first kappa shape index (κ1) is 24.9. The highest BCUT2D eigenvalue weighted by Gasteiger charge is 2.43. The van der Waals surface area contributed by atoms with Gasteiger partial charge in [0, 0.05) is 5.92 Å². The molecule has 0 spiro atoms. The van der Waals surface area contributed by atoms with Crippen LogP contribution in [0.4, 0.5) is 0 Å². The van der Waals surface area contributed by atoms with E-state index >= 15 is 0 Å². The smallest absolute Gasteiger partial charge is 0.210 e. The Morgan fingerprint density at radius 1 is 1.22 bits per heavy atom. The number of nitrogens with zero attached hydrogens (tertiary/aromatic N) is 1. The van der Waals surface area contributed by atoms with Gasteiger partial charge in [0.2, 0.25) is 5.90 Å². The Kier molecular flexibility index (Phi) is 8.54. The number of rotatable bonds is 10. The molecule has 0 bridgehead atoms. The van der Waals surface area contributed by atoms with Gasteiger partial charge in [-0.1, -0.05) is 56.3 Å². The molecule has 1 aromatic rings. The average Bonchev–Trinajstić information content (AvgIpc) is 3.12. The summed E-state index contributed by atoms with van der Waals surface area (Å²) in [5, 5.41) is 0. The molecule has 2 heterocycles. The quantitative estimate of drug-likeness (QED) is 0.443. The number of aliphatic imine (C=N–C) groups is 1. The molecule has 3 rings (SSSR count). The maximum Gasteiger partial charge on any atom is 0.210 e. The van der Waals surface area contributed by atoms with Gasteiger partial charge >= 0.3 is 0 Å². The molecule has 0 saturated carbocycles. The van der Waals surface area contributed by atoms with Gasteiger partial charge in [-0.05, 0) is 52.0 Å². The highest BCUT2D eigenvalue weighted by molar-refractivity contribution is 5.79. The Hall–Kier alpha value is -1.69. The molecule has 178 valence electrons. The maximum absolute atomic E-state index is 6.70. The van der Waals surface area contributed by atoms with Crippen LogP contribution in [0.5, 0.6) is 0 Å². The minimum Gasteiger partial charge on any atom is -0.477 e. The fourth-order valence-corrected chi connectivity index (χ4v) is 4.64. The van der Waals surface area contributed by atoms with Crippen LogP contribution in [-0.4, -0.2) is 49.1 Å². The van der Waals surface area contributed by atoms with Crippen molar-refractivity contribution in [1.29, 1.82) is 0 Å². The topological polar surface area (TPSA) is 49.3 Å². The molecule has 5 heteroatoms. The molecule has 0 aromatic heterocycles. The third kappa shape index (κ3) is 6.66. The summed E-state index contributed by atoms with van der Waals surface area (Å²) in [6.07, 6.45) is 6.44. The molecule has 0 unspecified atom stereocenters. The molecular formula is C27H41NO4. The molecule has 32 heavy (non-hydrogen) atoms. The van der Waals surface area contributed by atoms with Crippen LogP contribution in [0.3, 0.4) is 0 Å². The Morgan fingerprint density at radius 2 is 1.97 bits per heavy atom. The van der Waals surface area contributed by atoms with Crippen LogP contribution >= 0.6 is 0 Å². The summed E-state index contributed by atoms with van der Waals surface area (Å²) in [4.78, 5) is 4.64. The summed E-state index contributed by atoms with van der Waals surface area (Å²) >= 11 is 0. The van der Waals surface area contributed by atoms with Crippen LogP contribution in [0.15, 0.2) is 47.5 Å². The van der Waals surface area contributed by atoms with Crippen LogP contribution in [0.2, 0.25) is 0 Å². The standard InChI is InChI=1S/C27H41NO4/c1-7-15-27(6,31-18-24-28-26(4,5)19-30-24)25-20(2)13-14-23(32-25)21(3)16-29-17-22-11-9-8-10-12-22/h7-12,15,20-21,23,25H,13-14,16-19H2,1-6H3/b15-7+/t20-,21+,23-,25-,27+/m0/s1. The van der Waals surface area contributed by atoms with Crippen molar-refractivity contribution in [2.24, 2.45) is 16.8 Å². The molecular weight excluding hydrogens is 402 g/mol. The predicted octanol–water partition coefficient (Wildman–Crippen LogP) is 5.58. The van der Waals surface area contributed by atoms with Gasteiger partial charge in [-0.15, -0.1) is 0 Å². The Morgan fingerprint density at radius 3 is 2.62 bits per heavy atom. The van der Waals surface area contributed by atoms with Crippen LogP contribution in [0.25, 0.3) is 0 Å². The van der Waals surface area contributed by atoms with E-state index in [9.17, 15) is 0 Å². The van der Waals surface area contributed by atoms with E-state index < -0.39 is 5.60 Å². The van der Waals surface area contributed by atoms with E-state index in [2.05, 4.69) is 57.8 Å². The molecule has 2 aliphatic heterocycles. The largest absolute Gasteiger partial charge is 0.477 e. The first-order chi connectivity index (χ1) is 15.2. The zero-order valence-electron chi connectivity index (χ0n) is 20.7. The number of ether oxygens (including phenoxy) is 4. The van der Waals surface area contributed by atoms with Crippen molar-refractivity contribution in [1.82, 2.24) is 0 Å². The summed E-state index contributed by atoms with van der Waals surface area (Å²) < 4.78 is 24.9. The Balaban J connectivity index is 1.59. The molecule has 1 fully saturated rings. The molecule has 2 aliphatic rings. The second-order valence-corrected chi connectivity index (χ2v) is 10.2. The highest BCUT2D eigenvalue weighted by Crippen LogP contribution is 2.37. The van der Waals surface area contributed by atoms with E-state index in [0.29, 0.717) is 44.2 Å². The molecule has 0 amide bonds. The molecule has 1 saturated heterocycles. The lowest BCUT2D eigenvalue weighted by atomic mass is 9.81. The monoisotopic (exact) mass is 443 g/mol. The number of benzene rings is 1. The maximum atomic E-state index is 6.70. The molecule has 1 aromatic carbocycles. The first-order valence-corrected chi connectivity index (χ1v) is 12.0. The van der Waals surface area contributed by atoms with Crippen molar-refractivity contribution >= 4 is 5.90 Å². The second kappa shape index (κ2) is 11.0. The van der Waals surface area contributed by atoms with Crippen molar-refractivity contribution in [2.75, 3.05) is 19.8 Å². The van der Waals surface area contributed by atoms with Crippen molar-refractivity contribution in [2.45, 2.75) is 84.3 Å². The fourth-order valence-electron chi connectivity index (χ4n) is 4.64. The van der Waals surface area contributed by atoms with Crippen LogP contribution in [-0.2, 0) is 25.6 Å². The third-order valence-electron chi connectivity index (χ3n) is 6.46. The summed E-state index contributed by atoms with van der Waals surface area (Å²) in [6.45, 7) is 15.0. The highest BCUT2D eigenvalue weighted by atomic mass is 16.6. The van der Waals surface area contributed by atoms with E-state index in [0.717, 1.165) is 12.8 Å². The third-order valence-corrected chi connectivity index (χ3v) is 6.46. The summed E-state index contributed by atoms with van der Waals surface area (Å²) in [7, 11) is 0. The van der Waals surface area contributed by atoms with Gasteiger partial charge in [0.15, 0.2) is 0 Å². The van der Waals surface area contributed by atoms with E-state index in [1.807, 2.05) is 31.2 Å². The van der Waals surface area contributed by atoms with E-state index in [1.165, 1.54) is 5.56 Å². The molecule has 5 nitrogen and oxygen atoms in total. The van der Waals surface area contributed by atoms with Crippen LogP contribution < -0.4 is 0 Å². The second-order valence-electron chi connectivity index (χ2n) is 10.2. The van der Waals surface area contributed by atoms with Crippen molar-refractivity contribution < 1.29 is 18.9 Å². The van der Waals surface area contributed by atoms with Crippen LogP contribution in [0.1, 0.15) is 59.9 Å². The fraction of sp³-hybridized carbons (Fsp3) is 0.667. The molecule has 0 aliphatic carbocycles. The lowest BCUT2D eigenvalue weighted by molar-refractivity contribution is -0.184. The lowest BCUT2D eigenvalue weighted by Crippen LogP contribution is -2.52. The van der Waals surface area contributed by atoms with Gasteiger partial charge in [0.25, 0.3) is 0 Å². The number of hydrogen-bond acceptors (Lipinski definition) is 5. The zero-order chi connectivity index (χ0) is 23.2. The minimum absolute atomic E-state index is 0.0379. The van der Waals surface area contributed by atoms with Gasteiger partial charge in [0.05, 0.1) is 31.0 Å². The summed E-state index contributed by atoms with van der Waals surface area (Å²) in [6, 6.07) is 10.3. The van der Waals surface area contributed by atoms with Gasteiger partial charge in [-0.3, -0.25) is 0 Å². The zero-order valence-corrected chi connectivity index (χ0v) is 20.7. The molecule has 0 radical (unpaired) electrons.